The van der Waals surface area contributed by atoms with Crippen LogP contribution in [0.2, 0.25) is 0 Å². The highest BCUT2D eigenvalue weighted by molar-refractivity contribution is 7.99. The molecule has 0 radical (unpaired) electrons. The van der Waals surface area contributed by atoms with Gasteiger partial charge >= 0.3 is 6.18 Å². The van der Waals surface area contributed by atoms with Gasteiger partial charge in [0.05, 0.1) is 24.5 Å². The molecule has 1 aromatic heterocycles. The first-order valence-electron chi connectivity index (χ1n) is 10.4. The number of ether oxygens (including phenoxy) is 1. The fourth-order valence-corrected chi connectivity index (χ4v) is 4.18. The van der Waals surface area contributed by atoms with Crippen LogP contribution in [-0.2, 0) is 11.0 Å². The molecule has 1 heterocycles. The van der Waals surface area contributed by atoms with Gasteiger partial charge in [-0.1, -0.05) is 37.2 Å². The van der Waals surface area contributed by atoms with E-state index in [0.29, 0.717) is 29.4 Å². The van der Waals surface area contributed by atoms with Crippen molar-refractivity contribution in [1.82, 2.24) is 20.1 Å². The lowest BCUT2D eigenvalue weighted by Gasteiger charge is -2.20. The van der Waals surface area contributed by atoms with Crippen molar-refractivity contribution in [2.24, 2.45) is 0 Å². The van der Waals surface area contributed by atoms with E-state index in [1.807, 2.05) is 42.7 Å². The minimum Gasteiger partial charge on any atom is -0.497 e. The second kappa shape index (κ2) is 10.7. The molecule has 6 nitrogen and oxygen atoms in total. The predicted molar refractivity (Wildman–Crippen MR) is 121 cm³/mol. The van der Waals surface area contributed by atoms with E-state index < -0.39 is 17.8 Å². The number of nitrogens with zero attached hydrogens (tertiary/aromatic N) is 3. The molecule has 3 aromatic rings. The average molecular weight is 479 g/mol. The van der Waals surface area contributed by atoms with Gasteiger partial charge in [-0.25, -0.2) is 0 Å². The van der Waals surface area contributed by atoms with Gasteiger partial charge in [-0.15, -0.1) is 10.2 Å². The fraction of sp³-hybridized carbons (Fsp3) is 0.348. The van der Waals surface area contributed by atoms with E-state index in [0.717, 1.165) is 23.6 Å². The van der Waals surface area contributed by atoms with Gasteiger partial charge in [0.25, 0.3) is 0 Å². The van der Waals surface area contributed by atoms with Crippen molar-refractivity contribution in [3.8, 4) is 11.4 Å². The molecule has 3 rings (SSSR count). The standard InChI is InChI=1S/C23H25F3N4O2S/c1-4-6-20(16-7-5-8-17(13-16)23(24,25)26)27-21(31)14-33-22-29-28-15(2)30(22)18-9-11-19(32-3)12-10-18/h5,7-13,20H,4,6,14H2,1-3H3,(H,27,31). The molecular weight excluding hydrogens is 453 g/mol. The van der Waals surface area contributed by atoms with E-state index >= 15 is 0 Å². The van der Waals surface area contributed by atoms with Crippen LogP contribution in [0.3, 0.4) is 0 Å². The van der Waals surface area contributed by atoms with Crippen molar-refractivity contribution in [2.45, 2.75) is 44.1 Å². The lowest BCUT2D eigenvalue weighted by molar-refractivity contribution is -0.137. The van der Waals surface area contributed by atoms with Crippen molar-refractivity contribution in [3.63, 3.8) is 0 Å². The molecule has 2 aromatic carbocycles. The number of alkyl halides is 3. The van der Waals surface area contributed by atoms with Crippen LogP contribution in [0.1, 0.15) is 42.8 Å². The normalized spacial score (nSPS) is 12.4. The Hall–Kier alpha value is -3.01. The van der Waals surface area contributed by atoms with Gasteiger partial charge in [0.15, 0.2) is 5.16 Å². The SMILES string of the molecule is CCCC(NC(=O)CSc1nnc(C)n1-c1ccc(OC)cc1)c1cccc(C(F)(F)F)c1. The van der Waals surface area contributed by atoms with Gasteiger partial charge in [-0.3, -0.25) is 9.36 Å². The molecule has 0 aliphatic heterocycles. The van der Waals surface area contributed by atoms with Gasteiger partial charge in [0.2, 0.25) is 5.91 Å². The molecular formula is C23H25F3N4O2S. The Labute approximate surface area is 194 Å². The molecule has 0 spiro atoms. The number of hydrogen-bond donors (Lipinski definition) is 1. The van der Waals surface area contributed by atoms with E-state index in [4.69, 9.17) is 4.74 Å². The Morgan fingerprint density at radius 3 is 2.55 bits per heavy atom. The second-order valence-electron chi connectivity index (χ2n) is 7.38. The number of carbonyl (C=O) groups excluding carboxylic acids is 1. The van der Waals surface area contributed by atoms with E-state index in [9.17, 15) is 18.0 Å². The van der Waals surface area contributed by atoms with Gasteiger partial charge in [-0.05, 0) is 55.3 Å². The molecule has 176 valence electrons. The molecule has 0 saturated heterocycles. The third-order valence-electron chi connectivity index (χ3n) is 4.99. The van der Waals surface area contributed by atoms with Crippen LogP contribution in [0.5, 0.6) is 5.75 Å². The monoisotopic (exact) mass is 478 g/mol. The topological polar surface area (TPSA) is 69.0 Å². The smallest absolute Gasteiger partial charge is 0.416 e. The highest BCUT2D eigenvalue weighted by atomic mass is 32.2. The van der Waals surface area contributed by atoms with Crippen LogP contribution in [0.25, 0.3) is 5.69 Å². The minimum absolute atomic E-state index is 0.0491. The van der Waals surface area contributed by atoms with Crippen molar-refractivity contribution >= 4 is 17.7 Å². The van der Waals surface area contributed by atoms with Crippen molar-refractivity contribution < 1.29 is 22.7 Å². The van der Waals surface area contributed by atoms with Crippen LogP contribution in [0.4, 0.5) is 13.2 Å². The zero-order valence-electron chi connectivity index (χ0n) is 18.5. The summed E-state index contributed by atoms with van der Waals surface area (Å²) >= 11 is 1.21. The first-order chi connectivity index (χ1) is 15.7. The van der Waals surface area contributed by atoms with E-state index in [1.165, 1.54) is 17.8 Å². The number of aryl methyl sites for hydroxylation is 1. The van der Waals surface area contributed by atoms with E-state index in [1.54, 1.807) is 13.2 Å². The highest BCUT2D eigenvalue weighted by Crippen LogP contribution is 2.31. The van der Waals surface area contributed by atoms with Crippen LogP contribution in [0, 0.1) is 6.92 Å². The number of benzene rings is 2. The number of amides is 1. The molecule has 0 bridgehead atoms. The predicted octanol–water partition coefficient (Wildman–Crippen LogP) is 5.35. The summed E-state index contributed by atoms with van der Waals surface area (Å²) in [4.78, 5) is 12.7. The molecule has 0 saturated carbocycles. The minimum atomic E-state index is -4.43. The Kier molecular flexibility index (Phi) is 8.01. The summed E-state index contributed by atoms with van der Waals surface area (Å²) in [6.45, 7) is 3.73. The number of rotatable bonds is 9. The molecule has 10 heteroatoms. The highest BCUT2D eigenvalue weighted by Gasteiger charge is 2.31. The molecule has 1 amide bonds. The number of methoxy groups -OCH3 is 1. The Balaban J connectivity index is 1.70. The first kappa shape index (κ1) is 24.6. The van der Waals surface area contributed by atoms with Crippen molar-refractivity contribution in [2.75, 3.05) is 12.9 Å². The largest absolute Gasteiger partial charge is 0.497 e. The number of aromatic nitrogens is 3. The molecule has 0 fully saturated rings. The van der Waals surface area contributed by atoms with Crippen LogP contribution in [-0.4, -0.2) is 33.5 Å². The Bertz CT molecular complexity index is 1080. The van der Waals surface area contributed by atoms with E-state index in [-0.39, 0.29) is 11.7 Å². The summed E-state index contributed by atoms with van der Waals surface area (Å²) in [5, 5.41) is 11.7. The lowest BCUT2D eigenvalue weighted by Crippen LogP contribution is -2.30. The molecule has 1 unspecified atom stereocenters. The van der Waals surface area contributed by atoms with Crippen LogP contribution >= 0.6 is 11.8 Å². The maximum Gasteiger partial charge on any atom is 0.416 e. The Morgan fingerprint density at radius 2 is 1.91 bits per heavy atom. The maximum atomic E-state index is 13.1. The third kappa shape index (κ3) is 6.28. The van der Waals surface area contributed by atoms with E-state index in [2.05, 4.69) is 15.5 Å². The molecule has 1 atom stereocenters. The maximum absolute atomic E-state index is 13.1. The molecule has 33 heavy (non-hydrogen) atoms. The first-order valence-corrected chi connectivity index (χ1v) is 11.4. The lowest BCUT2D eigenvalue weighted by atomic mass is 10.00. The fourth-order valence-electron chi connectivity index (χ4n) is 3.37. The number of carbonyl (C=O) groups is 1. The van der Waals surface area contributed by atoms with Gasteiger partial charge in [0.1, 0.15) is 11.6 Å². The third-order valence-corrected chi connectivity index (χ3v) is 5.92. The summed E-state index contributed by atoms with van der Waals surface area (Å²) in [6.07, 6.45) is -3.20. The summed E-state index contributed by atoms with van der Waals surface area (Å²) in [7, 11) is 1.59. The average Bonchev–Trinajstić information content (AvgIpc) is 3.17. The van der Waals surface area contributed by atoms with Gasteiger partial charge in [0, 0.05) is 5.69 Å². The summed E-state index contributed by atoms with van der Waals surface area (Å²) in [6, 6.07) is 12.0. The van der Waals surface area contributed by atoms with Gasteiger partial charge in [-0.2, -0.15) is 13.2 Å². The van der Waals surface area contributed by atoms with Gasteiger partial charge < -0.3 is 10.1 Å². The second-order valence-corrected chi connectivity index (χ2v) is 8.33. The summed E-state index contributed by atoms with van der Waals surface area (Å²) in [5.74, 6) is 1.14. The summed E-state index contributed by atoms with van der Waals surface area (Å²) < 4.78 is 46.3. The summed E-state index contributed by atoms with van der Waals surface area (Å²) in [5.41, 5.74) is 0.532. The van der Waals surface area contributed by atoms with Crippen LogP contribution < -0.4 is 10.1 Å². The quantitative estimate of drug-likeness (QED) is 0.420. The number of hydrogen-bond acceptors (Lipinski definition) is 5. The molecule has 0 aliphatic carbocycles. The molecule has 0 aliphatic rings. The number of thioether (sulfide) groups is 1. The number of halogens is 3. The van der Waals surface area contributed by atoms with Crippen molar-refractivity contribution in [3.05, 3.63) is 65.5 Å². The zero-order valence-corrected chi connectivity index (χ0v) is 19.3. The molecule has 1 N–H and O–H groups in total. The Morgan fingerprint density at radius 1 is 1.18 bits per heavy atom. The van der Waals surface area contributed by atoms with Crippen molar-refractivity contribution in [1.29, 1.82) is 0 Å². The zero-order chi connectivity index (χ0) is 24.0. The number of nitrogens with one attached hydrogen (secondary N) is 1. The van der Waals surface area contributed by atoms with Crippen LogP contribution in [0.15, 0.2) is 53.7 Å².